The second kappa shape index (κ2) is 7.09. The number of benzene rings is 2. The Morgan fingerprint density at radius 3 is 2.44 bits per heavy atom. The largest absolute Gasteiger partial charge is 0.366 e. The first-order valence-electron chi connectivity index (χ1n) is 8.33. The lowest BCUT2D eigenvalue weighted by Gasteiger charge is -2.07. The Hall–Kier alpha value is -3.38. The molecular weight excluding hydrogens is 362 g/mol. The Morgan fingerprint density at radius 2 is 1.70 bits per heavy atom. The van der Waals surface area contributed by atoms with Gasteiger partial charge in [-0.15, -0.1) is 5.10 Å². The summed E-state index contributed by atoms with van der Waals surface area (Å²) >= 11 is 5.87. The molecule has 2 heterocycles. The minimum Gasteiger partial charge on any atom is -0.366 e. The number of nitrogens with two attached hydrogens (primary N) is 1. The highest BCUT2D eigenvalue weighted by molar-refractivity contribution is 6.30. The molecule has 1 amide bonds. The Kier molecular flexibility index (Phi) is 4.48. The van der Waals surface area contributed by atoms with Crippen molar-refractivity contribution in [3.05, 3.63) is 83.0 Å². The van der Waals surface area contributed by atoms with Gasteiger partial charge in [-0.1, -0.05) is 35.9 Å². The molecule has 4 aromatic rings. The van der Waals surface area contributed by atoms with Gasteiger partial charge < -0.3 is 11.1 Å². The van der Waals surface area contributed by atoms with Crippen LogP contribution in [-0.4, -0.2) is 20.5 Å². The second-order valence-electron chi connectivity index (χ2n) is 6.08. The molecule has 27 heavy (non-hydrogen) atoms. The zero-order valence-corrected chi connectivity index (χ0v) is 15.0. The van der Waals surface area contributed by atoms with Gasteiger partial charge in [0.15, 0.2) is 5.65 Å². The minimum absolute atomic E-state index is 0.129. The van der Waals surface area contributed by atoms with Crippen molar-refractivity contribution < 1.29 is 4.79 Å². The summed E-state index contributed by atoms with van der Waals surface area (Å²) in [4.78, 5) is 16.4. The smallest absolute Gasteiger partial charge is 0.251 e. The van der Waals surface area contributed by atoms with Crippen LogP contribution < -0.4 is 11.1 Å². The number of carbonyl (C=O) groups excluding carboxylic acids is 1. The number of rotatable bonds is 4. The van der Waals surface area contributed by atoms with Crippen LogP contribution in [0, 0.1) is 0 Å². The third kappa shape index (κ3) is 3.75. The van der Waals surface area contributed by atoms with E-state index in [-0.39, 0.29) is 11.9 Å². The number of hydrogen-bond acceptors (Lipinski definition) is 4. The van der Waals surface area contributed by atoms with Crippen LogP contribution in [0.3, 0.4) is 0 Å². The second-order valence-corrected chi connectivity index (χ2v) is 6.51. The van der Waals surface area contributed by atoms with Gasteiger partial charge in [-0.2, -0.15) is 4.98 Å². The topological polar surface area (TPSA) is 85.3 Å². The highest BCUT2D eigenvalue weighted by Crippen LogP contribution is 2.20. The van der Waals surface area contributed by atoms with Gasteiger partial charge in [0.05, 0.1) is 0 Å². The third-order valence-corrected chi connectivity index (χ3v) is 4.45. The molecule has 6 nitrogen and oxygen atoms in total. The highest BCUT2D eigenvalue weighted by Gasteiger charge is 2.07. The van der Waals surface area contributed by atoms with Crippen LogP contribution in [-0.2, 0) is 6.54 Å². The molecule has 2 aromatic carbocycles. The van der Waals surface area contributed by atoms with Crippen molar-refractivity contribution in [1.29, 1.82) is 0 Å². The van der Waals surface area contributed by atoms with Crippen molar-refractivity contribution in [2.24, 2.45) is 0 Å². The minimum atomic E-state index is -0.129. The van der Waals surface area contributed by atoms with Crippen molar-refractivity contribution in [1.82, 2.24) is 19.9 Å². The van der Waals surface area contributed by atoms with Gasteiger partial charge >= 0.3 is 0 Å². The van der Waals surface area contributed by atoms with Crippen molar-refractivity contribution in [2.45, 2.75) is 6.54 Å². The molecule has 0 aliphatic heterocycles. The summed E-state index contributed by atoms with van der Waals surface area (Å²) in [6.45, 7) is 0.447. The van der Waals surface area contributed by atoms with E-state index in [0.29, 0.717) is 22.8 Å². The number of hydrogen-bond donors (Lipinski definition) is 2. The van der Waals surface area contributed by atoms with Gasteiger partial charge in [-0.3, -0.25) is 4.79 Å². The van der Waals surface area contributed by atoms with Crippen LogP contribution in [0.15, 0.2) is 66.9 Å². The van der Waals surface area contributed by atoms with E-state index in [4.69, 9.17) is 17.3 Å². The van der Waals surface area contributed by atoms with Crippen LogP contribution in [0.1, 0.15) is 15.9 Å². The maximum atomic E-state index is 12.3. The molecule has 0 unspecified atom stereocenters. The molecule has 0 aliphatic carbocycles. The number of nitrogen functional groups attached to an aromatic ring is 1. The van der Waals surface area contributed by atoms with Gasteiger partial charge in [-0.25, -0.2) is 4.52 Å². The van der Waals surface area contributed by atoms with Crippen molar-refractivity contribution in [3.8, 4) is 11.1 Å². The monoisotopic (exact) mass is 377 g/mol. The summed E-state index contributed by atoms with van der Waals surface area (Å²) in [6, 6.07) is 18.6. The average molecular weight is 378 g/mol. The number of carbonyl (C=O) groups is 1. The Bertz CT molecular complexity index is 1100. The van der Waals surface area contributed by atoms with E-state index >= 15 is 0 Å². The summed E-state index contributed by atoms with van der Waals surface area (Å²) in [5.74, 6) is 0.107. The fourth-order valence-corrected chi connectivity index (χ4v) is 2.90. The van der Waals surface area contributed by atoms with Crippen LogP contribution >= 0.6 is 11.6 Å². The standard InChI is InChI=1S/C20H16ClN5O/c21-17-8-1-13(2-9-17)11-23-19(27)15-5-3-14(4-6-15)16-7-10-18-24-20(22)25-26(18)12-16/h1-10,12H,11H2,(H2,22,25)(H,23,27). The number of amides is 1. The SMILES string of the molecule is Nc1nc2ccc(-c3ccc(C(=O)NCc4ccc(Cl)cc4)cc3)cn2n1. The molecular formula is C20H16ClN5O. The van der Waals surface area contributed by atoms with Crippen LogP contribution in [0.25, 0.3) is 16.8 Å². The van der Waals surface area contributed by atoms with Crippen molar-refractivity contribution >= 4 is 29.1 Å². The molecule has 0 atom stereocenters. The lowest BCUT2D eigenvalue weighted by Crippen LogP contribution is -2.22. The molecule has 0 radical (unpaired) electrons. The zero-order valence-electron chi connectivity index (χ0n) is 14.3. The number of fused-ring (bicyclic) bond motifs is 1. The number of anilines is 1. The first-order valence-corrected chi connectivity index (χ1v) is 8.71. The van der Waals surface area contributed by atoms with E-state index in [1.807, 2.05) is 42.6 Å². The highest BCUT2D eigenvalue weighted by atomic mass is 35.5. The van der Waals surface area contributed by atoms with E-state index < -0.39 is 0 Å². The number of aromatic nitrogens is 3. The normalized spacial score (nSPS) is 10.9. The predicted molar refractivity (Wildman–Crippen MR) is 105 cm³/mol. The van der Waals surface area contributed by atoms with Crippen LogP contribution in [0.5, 0.6) is 0 Å². The summed E-state index contributed by atoms with van der Waals surface area (Å²) in [7, 11) is 0. The molecule has 0 aliphatic rings. The molecule has 0 spiro atoms. The average Bonchev–Trinajstić information content (AvgIpc) is 3.06. The Balaban J connectivity index is 1.47. The van der Waals surface area contributed by atoms with Crippen molar-refractivity contribution in [2.75, 3.05) is 5.73 Å². The maximum absolute atomic E-state index is 12.3. The molecule has 0 bridgehead atoms. The molecule has 3 N–H and O–H groups in total. The Labute approximate surface area is 160 Å². The number of nitrogens with zero attached hydrogens (tertiary/aromatic N) is 3. The summed E-state index contributed by atoms with van der Waals surface area (Å²) in [6.07, 6.45) is 1.86. The Morgan fingerprint density at radius 1 is 1.00 bits per heavy atom. The van der Waals surface area contributed by atoms with E-state index in [9.17, 15) is 4.79 Å². The molecule has 4 rings (SSSR count). The van der Waals surface area contributed by atoms with Gasteiger partial charge in [0.25, 0.3) is 5.91 Å². The van der Waals surface area contributed by atoms with E-state index in [0.717, 1.165) is 16.7 Å². The zero-order chi connectivity index (χ0) is 18.8. The first kappa shape index (κ1) is 17.1. The fourth-order valence-electron chi connectivity index (χ4n) is 2.77. The van der Waals surface area contributed by atoms with Gasteiger partial charge in [0, 0.05) is 28.9 Å². The molecule has 0 saturated heterocycles. The van der Waals surface area contributed by atoms with Crippen molar-refractivity contribution in [3.63, 3.8) is 0 Å². The molecule has 7 heteroatoms. The van der Waals surface area contributed by atoms with Crippen LogP contribution in [0.2, 0.25) is 5.02 Å². The molecule has 134 valence electrons. The summed E-state index contributed by atoms with van der Waals surface area (Å²) in [5.41, 5.74) is 9.82. The van der Waals surface area contributed by atoms with E-state index in [1.165, 1.54) is 0 Å². The summed E-state index contributed by atoms with van der Waals surface area (Å²) < 4.78 is 1.64. The van der Waals surface area contributed by atoms with Crippen LogP contribution in [0.4, 0.5) is 5.95 Å². The lowest BCUT2D eigenvalue weighted by atomic mass is 10.1. The number of nitrogens with one attached hydrogen (secondary N) is 1. The quantitative estimate of drug-likeness (QED) is 0.569. The molecule has 2 aromatic heterocycles. The molecule has 0 saturated carbocycles. The van der Waals surface area contributed by atoms with Gasteiger partial charge in [0.1, 0.15) is 0 Å². The first-order chi connectivity index (χ1) is 13.1. The third-order valence-electron chi connectivity index (χ3n) is 4.19. The lowest BCUT2D eigenvalue weighted by molar-refractivity contribution is 0.0951. The van der Waals surface area contributed by atoms with Gasteiger partial charge in [-0.05, 0) is 47.5 Å². The predicted octanol–water partition coefficient (Wildman–Crippen LogP) is 3.56. The number of halogens is 1. The maximum Gasteiger partial charge on any atom is 0.251 e. The van der Waals surface area contributed by atoms with Gasteiger partial charge in [0.2, 0.25) is 5.95 Å². The summed E-state index contributed by atoms with van der Waals surface area (Å²) in [5, 5.41) is 7.69. The van der Waals surface area contributed by atoms with E-state index in [2.05, 4.69) is 15.4 Å². The fraction of sp³-hybridized carbons (Fsp3) is 0.0500. The molecule has 0 fully saturated rings. The van der Waals surface area contributed by atoms with E-state index in [1.54, 1.807) is 28.8 Å². The number of pyridine rings is 1.